The Morgan fingerprint density at radius 1 is 0.938 bits per heavy atom. The Hall–Kier alpha value is -3.65. The highest BCUT2D eigenvalue weighted by Crippen LogP contribution is 2.18. The number of anilines is 1. The van der Waals surface area contributed by atoms with Crippen LogP contribution in [0.15, 0.2) is 59.5 Å². The van der Waals surface area contributed by atoms with Crippen LogP contribution in [0.1, 0.15) is 15.9 Å². The Morgan fingerprint density at radius 3 is 2.44 bits per heavy atom. The van der Waals surface area contributed by atoms with Crippen molar-refractivity contribution in [2.45, 2.75) is 6.54 Å². The molecule has 1 aliphatic rings. The fraction of sp³-hybridized carbons (Fsp3) is 0.292. The largest absolute Gasteiger partial charge is 0.369 e. The Kier molecular flexibility index (Phi) is 5.14. The molecule has 1 saturated heterocycles. The zero-order valence-electron chi connectivity index (χ0n) is 18.3. The smallest absolute Gasteiger partial charge is 0.276 e. The van der Waals surface area contributed by atoms with Gasteiger partial charge in [-0.05, 0) is 49.0 Å². The topological polar surface area (TPSA) is 74.9 Å². The Bertz CT molecular complexity index is 1350. The number of carbonyl (C=O) groups is 1. The highest BCUT2D eigenvalue weighted by molar-refractivity contribution is 5.97. The number of hydrogen-bond acceptors (Lipinski definition) is 5. The van der Waals surface area contributed by atoms with Crippen molar-refractivity contribution in [1.29, 1.82) is 0 Å². The molecule has 0 bridgehead atoms. The first-order valence-electron chi connectivity index (χ1n) is 10.8. The Morgan fingerprint density at radius 2 is 1.69 bits per heavy atom. The number of aryl methyl sites for hydroxylation is 1. The number of carbonyl (C=O) groups excluding carboxylic acids is 1. The van der Waals surface area contributed by atoms with E-state index in [1.165, 1.54) is 5.69 Å². The second kappa shape index (κ2) is 8.12. The molecule has 0 saturated carbocycles. The molecule has 32 heavy (non-hydrogen) atoms. The molecule has 1 N–H and O–H groups in total. The number of rotatable bonds is 4. The van der Waals surface area contributed by atoms with Crippen LogP contribution in [-0.2, 0) is 13.6 Å². The van der Waals surface area contributed by atoms with Crippen LogP contribution in [0.25, 0.3) is 16.6 Å². The van der Waals surface area contributed by atoms with E-state index >= 15 is 0 Å². The van der Waals surface area contributed by atoms with E-state index in [0.717, 1.165) is 37.3 Å². The number of piperazine rings is 1. The maximum atomic E-state index is 12.8. The quantitative estimate of drug-likeness (QED) is 0.535. The van der Waals surface area contributed by atoms with Crippen LogP contribution in [0.4, 0.5) is 5.69 Å². The molecule has 1 aliphatic heterocycles. The third kappa shape index (κ3) is 3.62. The van der Waals surface area contributed by atoms with Gasteiger partial charge in [0.1, 0.15) is 5.52 Å². The van der Waals surface area contributed by atoms with Gasteiger partial charge in [0.05, 0.1) is 17.2 Å². The second-order valence-electron chi connectivity index (χ2n) is 8.34. The monoisotopic (exact) mass is 430 g/mol. The van der Waals surface area contributed by atoms with Crippen molar-refractivity contribution < 1.29 is 4.79 Å². The van der Waals surface area contributed by atoms with E-state index in [9.17, 15) is 9.59 Å². The summed E-state index contributed by atoms with van der Waals surface area (Å²) in [5, 5.41) is 7.22. The number of likely N-dealkylation sites (N-methyl/N-ethyl adjacent to an activating group) is 1. The first kappa shape index (κ1) is 20.3. The summed E-state index contributed by atoms with van der Waals surface area (Å²) >= 11 is 0. The highest BCUT2D eigenvalue weighted by Gasteiger charge is 2.15. The summed E-state index contributed by atoms with van der Waals surface area (Å²) in [7, 11) is 3.86. The van der Waals surface area contributed by atoms with Crippen LogP contribution in [-0.4, -0.2) is 58.2 Å². The molecular weight excluding hydrogens is 404 g/mol. The predicted molar refractivity (Wildman–Crippen MR) is 125 cm³/mol. The van der Waals surface area contributed by atoms with E-state index in [1.807, 2.05) is 6.07 Å². The fourth-order valence-electron chi connectivity index (χ4n) is 4.22. The highest BCUT2D eigenvalue weighted by atomic mass is 16.1. The lowest BCUT2D eigenvalue weighted by Gasteiger charge is -2.34. The molecule has 0 atom stereocenters. The average molecular weight is 431 g/mol. The number of nitrogens with one attached hydrogen (secondary N) is 1. The van der Waals surface area contributed by atoms with Crippen LogP contribution in [0.3, 0.4) is 0 Å². The first-order valence-corrected chi connectivity index (χ1v) is 10.8. The number of benzene rings is 2. The van der Waals surface area contributed by atoms with Crippen LogP contribution in [0.5, 0.6) is 0 Å². The minimum atomic E-state index is -0.178. The second-order valence-corrected chi connectivity index (χ2v) is 8.34. The summed E-state index contributed by atoms with van der Waals surface area (Å²) < 4.78 is 3.17. The summed E-state index contributed by atoms with van der Waals surface area (Å²) in [4.78, 5) is 30.1. The van der Waals surface area contributed by atoms with Gasteiger partial charge in [0, 0.05) is 51.0 Å². The van der Waals surface area contributed by atoms with Crippen molar-refractivity contribution in [3.8, 4) is 0 Å². The number of fused-ring (bicyclic) bond motifs is 3. The van der Waals surface area contributed by atoms with E-state index < -0.39 is 0 Å². The van der Waals surface area contributed by atoms with Crippen LogP contribution in [0, 0.1) is 0 Å². The van der Waals surface area contributed by atoms with Gasteiger partial charge >= 0.3 is 0 Å². The third-order valence-electron chi connectivity index (χ3n) is 6.25. The van der Waals surface area contributed by atoms with Gasteiger partial charge in [-0.3, -0.25) is 9.59 Å². The minimum absolute atomic E-state index is 0.145. The van der Waals surface area contributed by atoms with Crippen LogP contribution < -0.4 is 15.8 Å². The molecule has 0 spiro atoms. The molecule has 8 nitrogen and oxygen atoms in total. The number of aromatic nitrogens is 3. The van der Waals surface area contributed by atoms with Crippen LogP contribution >= 0.6 is 0 Å². The maximum absolute atomic E-state index is 12.8. The van der Waals surface area contributed by atoms with E-state index in [2.05, 4.69) is 51.5 Å². The normalized spacial score (nSPS) is 14.9. The van der Waals surface area contributed by atoms with Gasteiger partial charge < -0.3 is 19.7 Å². The van der Waals surface area contributed by atoms with Gasteiger partial charge in [-0.2, -0.15) is 5.10 Å². The van der Waals surface area contributed by atoms with Crippen molar-refractivity contribution in [1.82, 2.24) is 24.4 Å². The summed E-state index contributed by atoms with van der Waals surface area (Å²) in [6, 6.07) is 15.4. The standard InChI is InChI=1S/C24H26N6O2/c1-27-11-13-29(14-12-27)19-6-3-17(4-7-19)16-25-23(31)18-5-8-20-22(15-18)28(2)24(32)21-9-10-26-30(20)21/h3-10,15H,11-14,16H2,1-2H3,(H,25,31). The van der Waals surface area contributed by atoms with Crippen molar-refractivity contribution in [2.75, 3.05) is 38.1 Å². The van der Waals surface area contributed by atoms with Crippen molar-refractivity contribution in [2.24, 2.45) is 7.05 Å². The third-order valence-corrected chi connectivity index (χ3v) is 6.25. The van der Waals surface area contributed by atoms with Crippen LogP contribution in [0.2, 0.25) is 0 Å². The number of amides is 1. The van der Waals surface area contributed by atoms with E-state index in [-0.39, 0.29) is 11.5 Å². The molecule has 8 heteroatoms. The number of nitrogens with zero attached hydrogens (tertiary/aromatic N) is 5. The molecule has 0 aliphatic carbocycles. The molecule has 0 unspecified atom stereocenters. The molecule has 2 aromatic carbocycles. The molecule has 4 aromatic rings. The molecule has 1 fully saturated rings. The lowest BCUT2D eigenvalue weighted by atomic mass is 10.1. The molecule has 2 aromatic heterocycles. The number of hydrogen-bond donors (Lipinski definition) is 1. The van der Waals surface area contributed by atoms with Gasteiger partial charge in [0.25, 0.3) is 11.5 Å². The van der Waals surface area contributed by atoms with Gasteiger partial charge in [0.15, 0.2) is 0 Å². The predicted octanol–water partition coefficient (Wildman–Crippen LogP) is 1.87. The summed E-state index contributed by atoms with van der Waals surface area (Å²) in [5.41, 5.74) is 4.58. The van der Waals surface area contributed by atoms with Crippen molar-refractivity contribution >= 4 is 28.1 Å². The molecule has 3 heterocycles. The van der Waals surface area contributed by atoms with Crippen molar-refractivity contribution in [3.05, 3.63) is 76.2 Å². The van der Waals surface area contributed by atoms with Gasteiger partial charge in [-0.25, -0.2) is 4.52 Å². The Labute approximate surface area is 185 Å². The summed E-state index contributed by atoms with van der Waals surface area (Å²) in [6.45, 7) is 4.64. The summed E-state index contributed by atoms with van der Waals surface area (Å²) in [6.07, 6.45) is 1.60. The van der Waals surface area contributed by atoms with E-state index in [0.29, 0.717) is 23.1 Å². The van der Waals surface area contributed by atoms with Gasteiger partial charge in [-0.15, -0.1) is 0 Å². The zero-order valence-corrected chi connectivity index (χ0v) is 18.3. The molecule has 0 radical (unpaired) electrons. The zero-order chi connectivity index (χ0) is 22.2. The lowest BCUT2D eigenvalue weighted by Crippen LogP contribution is -2.44. The van der Waals surface area contributed by atoms with Gasteiger partial charge in [-0.1, -0.05) is 12.1 Å². The lowest BCUT2D eigenvalue weighted by molar-refractivity contribution is 0.0951. The first-order chi connectivity index (χ1) is 15.5. The van der Waals surface area contributed by atoms with E-state index in [1.54, 1.807) is 40.5 Å². The molecule has 1 amide bonds. The SMILES string of the molecule is CN1CCN(c2ccc(CNC(=O)c3ccc4c(c3)n(C)c(=O)c3ccnn34)cc2)CC1. The molecule has 5 rings (SSSR count). The maximum Gasteiger partial charge on any atom is 0.276 e. The molecule has 164 valence electrons. The minimum Gasteiger partial charge on any atom is -0.369 e. The fourth-order valence-corrected chi connectivity index (χ4v) is 4.22. The Balaban J connectivity index is 1.30. The molecular formula is C24H26N6O2. The van der Waals surface area contributed by atoms with Crippen molar-refractivity contribution in [3.63, 3.8) is 0 Å². The van der Waals surface area contributed by atoms with E-state index in [4.69, 9.17) is 0 Å². The average Bonchev–Trinajstić information content (AvgIpc) is 3.32. The van der Waals surface area contributed by atoms with Gasteiger partial charge in [0.2, 0.25) is 0 Å². The summed E-state index contributed by atoms with van der Waals surface area (Å²) in [5.74, 6) is -0.178.